The summed E-state index contributed by atoms with van der Waals surface area (Å²) in [7, 11) is 0. The van der Waals surface area contributed by atoms with E-state index in [0.29, 0.717) is 17.6 Å². The molecule has 0 N–H and O–H groups in total. The maximum atomic E-state index is 13.4. The summed E-state index contributed by atoms with van der Waals surface area (Å²) >= 11 is 0. The second kappa shape index (κ2) is 10.3. The second-order valence-corrected chi connectivity index (χ2v) is 9.25. The molecule has 1 aromatic carbocycles. The highest BCUT2D eigenvalue weighted by Gasteiger charge is 2.35. The molecule has 2 amide bonds. The zero-order chi connectivity index (χ0) is 22.5. The first-order valence-electron chi connectivity index (χ1n) is 12.0. The lowest BCUT2D eigenvalue weighted by Crippen LogP contribution is -2.45. The molecule has 7 heteroatoms. The van der Waals surface area contributed by atoms with Crippen molar-refractivity contribution in [3.05, 3.63) is 47.5 Å². The molecular weight excluding hydrogens is 402 g/mol. The number of aryl methyl sites for hydroxylation is 2. The maximum absolute atomic E-state index is 13.4. The molecule has 1 aromatic heterocycles. The fraction of sp³-hybridized carbons (Fsp3) is 0.600. The van der Waals surface area contributed by atoms with E-state index in [2.05, 4.69) is 39.2 Å². The van der Waals surface area contributed by atoms with Crippen LogP contribution in [-0.4, -0.2) is 62.6 Å². The number of hydrogen-bond acceptors (Lipinski definition) is 4. The van der Waals surface area contributed by atoms with E-state index in [9.17, 15) is 9.59 Å². The highest BCUT2D eigenvalue weighted by molar-refractivity contribution is 5.79. The monoisotopic (exact) mass is 437 g/mol. The van der Waals surface area contributed by atoms with Gasteiger partial charge in [0.15, 0.2) is 0 Å². The number of likely N-dealkylation sites (tertiary alicyclic amines) is 2. The molecule has 0 aliphatic carbocycles. The number of aromatic nitrogens is 3. The Morgan fingerprint density at radius 2 is 1.78 bits per heavy atom. The highest BCUT2D eigenvalue weighted by atomic mass is 16.2. The van der Waals surface area contributed by atoms with Gasteiger partial charge in [-0.05, 0) is 57.4 Å². The molecule has 3 heterocycles. The number of hydrogen-bond donors (Lipinski definition) is 0. The Morgan fingerprint density at radius 1 is 1.03 bits per heavy atom. The number of carbonyl (C=O) groups is 2. The molecule has 0 saturated carbocycles. The van der Waals surface area contributed by atoms with Crippen LogP contribution in [0.4, 0.5) is 0 Å². The van der Waals surface area contributed by atoms with Gasteiger partial charge in [0.2, 0.25) is 11.8 Å². The number of carbonyl (C=O) groups excluding carboxylic acids is 2. The van der Waals surface area contributed by atoms with Crippen LogP contribution in [0.25, 0.3) is 0 Å². The standard InChI is InChI=1S/C25H35N5O2/c1-19-26-20(2)30(27-19)18-24(31)28-16-12-22(13-17-28)23-10-6-7-14-29(25(23)32)15-11-21-8-4-3-5-9-21/h3-5,8-9,22-23H,6-7,10-18H2,1-2H3. The van der Waals surface area contributed by atoms with Crippen LogP contribution in [0, 0.1) is 25.7 Å². The van der Waals surface area contributed by atoms with Crippen LogP contribution in [0.15, 0.2) is 30.3 Å². The predicted molar refractivity (Wildman–Crippen MR) is 123 cm³/mol. The van der Waals surface area contributed by atoms with Gasteiger partial charge in [-0.1, -0.05) is 36.8 Å². The zero-order valence-electron chi connectivity index (χ0n) is 19.4. The van der Waals surface area contributed by atoms with E-state index in [1.165, 1.54) is 5.56 Å². The molecular formula is C25H35N5O2. The van der Waals surface area contributed by atoms with Crippen LogP contribution in [0.5, 0.6) is 0 Å². The molecule has 0 spiro atoms. The van der Waals surface area contributed by atoms with Crippen molar-refractivity contribution in [3.63, 3.8) is 0 Å². The van der Waals surface area contributed by atoms with Crippen molar-refractivity contribution >= 4 is 11.8 Å². The number of amides is 2. The summed E-state index contributed by atoms with van der Waals surface area (Å²) in [6.07, 6.45) is 5.91. The summed E-state index contributed by atoms with van der Waals surface area (Å²) in [5.74, 6) is 2.36. The molecule has 2 aliphatic rings. The Hall–Kier alpha value is -2.70. The quantitative estimate of drug-likeness (QED) is 0.697. The van der Waals surface area contributed by atoms with E-state index in [0.717, 1.165) is 70.5 Å². The summed E-state index contributed by atoms with van der Waals surface area (Å²) in [4.78, 5) is 34.5. The molecule has 2 aromatic rings. The second-order valence-electron chi connectivity index (χ2n) is 9.25. The summed E-state index contributed by atoms with van der Waals surface area (Å²) in [6.45, 7) is 7.08. The van der Waals surface area contributed by atoms with E-state index < -0.39 is 0 Å². The van der Waals surface area contributed by atoms with Gasteiger partial charge in [-0.15, -0.1) is 0 Å². The van der Waals surface area contributed by atoms with Crippen molar-refractivity contribution in [2.45, 2.75) is 58.9 Å². The van der Waals surface area contributed by atoms with Crippen LogP contribution in [0.2, 0.25) is 0 Å². The van der Waals surface area contributed by atoms with Crippen molar-refractivity contribution in [2.24, 2.45) is 11.8 Å². The van der Waals surface area contributed by atoms with Gasteiger partial charge in [-0.25, -0.2) is 9.67 Å². The largest absolute Gasteiger partial charge is 0.342 e. The summed E-state index contributed by atoms with van der Waals surface area (Å²) < 4.78 is 1.68. The smallest absolute Gasteiger partial charge is 0.244 e. The maximum Gasteiger partial charge on any atom is 0.244 e. The SMILES string of the molecule is Cc1nc(C)n(CC(=O)N2CCC(C3CCCCN(CCc4ccccc4)C3=O)CC2)n1. The van der Waals surface area contributed by atoms with Crippen LogP contribution < -0.4 is 0 Å². The first kappa shape index (κ1) is 22.5. The van der Waals surface area contributed by atoms with E-state index in [4.69, 9.17) is 0 Å². The molecule has 0 bridgehead atoms. The molecule has 32 heavy (non-hydrogen) atoms. The fourth-order valence-corrected chi connectivity index (χ4v) is 5.19. The molecule has 172 valence electrons. The van der Waals surface area contributed by atoms with Gasteiger partial charge in [0, 0.05) is 32.1 Å². The Kier molecular flexibility index (Phi) is 7.22. The number of piperidine rings is 1. The number of nitrogens with zero attached hydrogens (tertiary/aromatic N) is 5. The lowest BCUT2D eigenvalue weighted by molar-refractivity contribution is -0.138. The molecule has 1 unspecified atom stereocenters. The molecule has 4 rings (SSSR count). The average Bonchev–Trinajstić information content (AvgIpc) is 3.00. The predicted octanol–water partition coefficient (Wildman–Crippen LogP) is 3.00. The summed E-state index contributed by atoms with van der Waals surface area (Å²) in [5, 5.41) is 4.31. The highest BCUT2D eigenvalue weighted by Crippen LogP contribution is 2.32. The topological polar surface area (TPSA) is 71.3 Å². The van der Waals surface area contributed by atoms with Gasteiger partial charge in [0.05, 0.1) is 0 Å². The number of rotatable bonds is 6. The molecule has 7 nitrogen and oxygen atoms in total. The minimum atomic E-state index is 0.0909. The normalized spacial score (nSPS) is 20.4. The van der Waals surface area contributed by atoms with E-state index >= 15 is 0 Å². The van der Waals surface area contributed by atoms with E-state index in [1.54, 1.807) is 4.68 Å². The first-order valence-corrected chi connectivity index (χ1v) is 12.0. The van der Waals surface area contributed by atoms with Gasteiger partial charge < -0.3 is 9.80 Å². The van der Waals surface area contributed by atoms with Crippen LogP contribution in [0.1, 0.15) is 49.3 Å². The average molecular weight is 438 g/mol. The minimum absolute atomic E-state index is 0.0909. The summed E-state index contributed by atoms with van der Waals surface area (Å²) in [6, 6.07) is 10.4. The van der Waals surface area contributed by atoms with Gasteiger partial charge in [-0.2, -0.15) is 5.10 Å². The van der Waals surface area contributed by atoms with Gasteiger partial charge in [-0.3, -0.25) is 9.59 Å². The van der Waals surface area contributed by atoms with E-state index in [-0.39, 0.29) is 18.4 Å². The Morgan fingerprint density at radius 3 is 2.47 bits per heavy atom. The number of benzene rings is 1. The van der Waals surface area contributed by atoms with Crippen molar-refractivity contribution in [1.29, 1.82) is 0 Å². The van der Waals surface area contributed by atoms with Gasteiger partial charge in [0.1, 0.15) is 18.2 Å². The fourth-order valence-electron chi connectivity index (χ4n) is 5.19. The molecule has 2 fully saturated rings. The third kappa shape index (κ3) is 5.37. The van der Waals surface area contributed by atoms with Crippen molar-refractivity contribution in [1.82, 2.24) is 24.6 Å². The molecule has 0 radical (unpaired) electrons. The van der Waals surface area contributed by atoms with Crippen LogP contribution >= 0.6 is 0 Å². The lowest BCUT2D eigenvalue weighted by Gasteiger charge is -2.36. The summed E-state index contributed by atoms with van der Waals surface area (Å²) in [5.41, 5.74) is 1.28. The van der Waals surface area contributed by atoms with Crippen LogP contribution in [0.3, 0.4) is 0 Å². The Bertz CT molecular complexity index is 918. The van der Waals surface area contributed by atoms with Crippen molar-refractivity contribution < 1.29 is 9.59 Å². The van der Waals surface area contributed by atoms with E-state index in [1.807, 2.05) is 24.8 Å². The molecule has 2 aliphatic heterocycles. The molecule has 2 saturated heterocycles. The molecule has 1 atom stereocenters. The zero-order valence-corrected chi connectivity index (χ0v) is 19.4. The minimum Gasteiger partial charge on any atom is -0.342 e. The first-order chi connectivity index (χ1) is 15.5. The Labute approximate surface area is 190 Å². The van der Waals surface area contributed by atoms with Crippen molar-refractivity contribution in [3.8, 4) is 0 Å². The van der Waals surface area contributed by atoms with Crippen molar-refractivity contribution in [2.75, 3.05) is 26.2 Å². The third-order valence-electron chi connectivity index (χ3n) is 7.04. The third-order valence-corrected chi connectivity index (χ3v) is 7.04. The van der Waals surface area contributed by atoms with Crippen LogP contribution in [-0.2, 0) is 22.6 Å². The Balaban J connectivity index is 1.31. The lowest BCUT2D eigenvalue weighted by atomic mass is 9.81. The van der Waals surface area contributed by atoms with Gasteiger partial charge in [0.25, 0.3) is 0 Å². The van der Waals surface area contributed by atoms with Gasteiger partial charge >= 0.3 is 0 Å².